The number of rotatable bonds is 6. The average molecular weight is 301 g/mol. The molecule has 0 aromatic heterocycles. The van der Waals surface area contributed by atoms with Gasteiger partial charge in [-0.1, -0.05) is 0 Å². The fourth-order valence-corrected chi connectivity index (χ4v) is 3.62. The molecule has 2 rings (SSSR count). The van der Waals surface area contributed by atoms with E-state index in [1.165, 1.54) is 16.4 Å². The van der Waals surface area contributed by atoms with Gasteiger partial charge in [0.2, 0.25) is 10.0 Å². The van der Waals surface area contributed by atoms with Crippen molar-refractivity contribution in [3.05, 3.63) is 24.3 Å². The van der Waals surface area contributed by atoms with Gasteiger partial charge >= 0.3 is 0 Å². The maximum atomic E-state index is 12.4. The topological polar surface area (TPSA) is 76.1 Å². The van der Waals surface area contributed by atoms with Crippen molar-refractivity contribution >= 4 is 10.0 Å². The van der Waals surface area contributed by atoms with Gasteiger partial charge in [-0.05, 0) is 30.7 Å². The molecule has 0 spiro atoms. The van der Waals surface area contributed by atoms with E-state index in [0.29, 0.717) is 25.3 Å². The van der Waals surface area contributed by atoms with Gasteiger partial charge in [0.25, 0.3) is 0 Å². The number of aliphatic hydroxyl groups excluding tert-OH is 1. The Bertz CT molecular complexity index is 528. The van der Waals surface area contributed by atoms with Crippen LogP contribution in [0.3, 0.4) is 0 Å². The summed E-state index contributed by atoms with van der Waals surface area (Å²) in [7, 11) is -1.88. The molecule has 20 heavy (non-hydrogen) atoms. The van der Waals surface area contributed by atoms with Gasteiger partial charge in [-0.2, -0.15) is 4.31 Å². The number of ether oxygens (including phenoxy) is 2. The van der Waals surface area contributed by atoms with E-state index < -0.39 is 10.0 Å². The number of aliphatic hydroxyl groups is 1. The van der Waals surface area contributed by atoms with Gasteiger partial charge in [-0.25, -0.2) is 8.42 Å². The Balaban J connectivity index is 2.10. The summed E-state index contributed by atoms with van der Waals surface area (Å²) in [6.07, 6.45) is 0.685. The van der Waals surface area contributed by atoms with Crippen molar-refractivity contribution in [2.45, 2.75) is 17.4 Å². The molecule has 6 nitrogen and oxygen atoms in total. The number of methoxy groups -OCH3 is 1. The lowest BCUT2D eigenvalue weighted by atomic mass is 10.3. The molecule has 1 N–H and O–H groups in total. The summed E-state index contributed by atoms with van der Waals surface area (Å²) in [5.74, 6) is 0.536. The van der Waals surface area contributed by atoms with Crippen molar-refractivity contribution in [2.24, 2.45) is 0 Å². The zero-order chi connectivity index (χ0) is 14.6. The molecule has 1 aromatic carbocycles. The van der Waals surface area contributed by atoms with E-state index >= 15 is 0 Å². The van der Waals surface area contributed by atoms with Crippen LogP contribution in [0.4, 0.5) is 0 Å². The molecule has 1 aromatic rings. The zero-order valence-corrected chi connectivity index (χ0v) is 12.2. The lowest BCUT2D eigenvalue weighted by Gasteiger charge is -2.16. The van der Waals surface area contributed by atoms with Gasteiger partial charge in [-0.15, -0.1) is 0 Å². The molecule has 1 unspecified atom stereocenters. The average Bonchev–Trinajstić information content (AvgIpc) is 2.95. The normalized spacial score (nSPS) is 20.2. The highest BCUT2D eigenvalue weighted by Crippen LogP contribution is 2.23. The molecule has 1 aliphatic heterocycles. The van der Waals surface area contributed by atoms with E-state index in [2.05, 4.69) is 0 Å². The van der Waals surface area contributed by atoms with Crippen LogP contribution in [-0.4, -0.2) is 57.3 Å². The van der Waals surface area contributed by atoms with Gasteiger partial charge in [-0.3, -0.25) is 0 Å². The molecular weight excluding hydrogens is 282 g/mol. The summed E-state index contributed by atoms with van der Waals surface area (Å²) in [6, 6.07) is 6.21. The molecule has 0 bridgehead atoms. The second-order valence-corrected chi connectivity index (χ2v) is 6.49. The molecular formula is C13H19NO5S. The minimum absolute atomic E-state index is 0.0306. The Labute approximate surface area is 119 Å². The third kappa shape index (κ3) is 3.29. The molecule has 1 atom stereocenters. The van der Waals surface area contributed by atoms with E-state index in [-0.39, 0.29) is 24.2 Å². The lowest BCUT2D eigenvalue weighted by molar-refractivity contribution is 0.115. The van der Waals surface area contributed by atoms with Crippen LogP contribution in [0, 0.1) is 0 Å². The third-order valence-electron chi connectivity index (χ3n) is 3.26. The van der Waals surface area contributed by atoms with Crippen molar-refractivity contribution in [3.63, 3.8) is 0 Å². The molecule has 1 saturated heterocycles. The summed E-state index contributed by atoms with van der Waals surface area (Å²) in [4.78, 5) is 0.241. The first-order chi connectivity index (χ1) is 9.57. The highest BCUT2D eigenvalue weighted by Gasteiger charge is 2.32. The van der Waals surface area contributed by atoms with Crippen LogP contribution < -0.4 is 4.74 Å². The standard InChI is InChI=1S/C13H19NO5S/c1-18-12-6-7-14(10-12)20(16,17)13-4-2-11(3-5-13)19-9-8-15/h2-5,12,15H,6-10H2,1H3. The van der Waals surface area contributed by atoms with E-state index in [1.54, 1.807) is 19.2 Å². The Morgan fingerprint density at radius 1 is 1.35 bits per heavy atom. The minimum atomic E-state index is -3.47. The first kappa shape index (κ1) is 15.2. The molecule has 112 valence electrons. The van der Waals surface area contributed by atoms with Crippen LogP contribution in [0.1, 0.15) is 6.42 Å². The van der Waals surface area contributed by atoms with Crippen LogP contribution in [0.15, 0.2) is 29.2 Å². The second-order valence-electron chi connectivity index (χ2n) is 4.55. The fraction of sp³-hybridized carbons (Fsp3) is 0.538. The van der Waals surface area contributed by atoms with Gasteiger partial charge in [0.15, 0.2) is 0 Å². The summed E-state index contributed by atoms with van der Waals surface area (Å²) in [6.45, 7) is 0.977. The molecule has 1 aliphatic rings. The Kier molecular flexibility index (Phi) is 4.98. The van der Waals surface area contributed by atoms with Crippen molar-refractivity contribution in [2.75, 3.05) is 33.4 Å². The fourth-order valence-electron chi connectivity index (χ4n) is 2.13. The predicted octanol–water partition coefficient (Wildman–Crippen LogP) is 0.467. The number of hydrogen-bond donors (Lipinski definition) is 1. The summed E-state index contributed by atoms with van der Waals surface area (Å²) < 4.78 is 36.6. The summed E-state index contributed by atoms with van der Waals surface area (Å²) in [5, 5.41) is 8.66. The monoisotopic (exact) mass is 301 g/mol. The van der Waals surface area contributed by atoms with Crippen molar-refractivity contribution in [1.29, 1.82) is 0 Å². The van der Waals surface area contributed by atoms with E-state index in [0.717, 1.165) is 0 Å². The maximum Gasteiger partial charge on any atom is 0.243 e. The molecule has 0 aliphatic carbocycles. The third-order valence-corrected chi connectivity index (χ3v) is 5.14. The van der Waals surface area contributed by atoms with Gasteiger partial charge in [0.05, 0.1) is 17.6 Å². The van der Waals surface area contributed by atoms with Gasteiger partial charge in [0, 0.05) is 20.2 Å². The lowest BCUT2D eigenvalue weighted by Crippen LogP contribution is -2.30. The van der Waals surface area contributed by atoms with Gasteiger partial charge < -0.3 is 14.6 Å². The molecule has 0 amide bonds. The smallest absolute Gasteiger partial charge is 0.243 e. The number of sulfonamides is 1. The number of benzene rings is 1. The molecule has 0 saturated carbocycles. The van der Waals surface area contributed by atoms with E-state index in [9.17, 15) is 8.42 Å². The quantitative estimate of drug-likeness (QED) is 0.826. The molecule has 1 heterocycles. The van der Waals surface area contributed by atoms with Crippen molar-refractivity contribution < 1.29 is 23.0 Å². The van der Waals surface area contributed by atoms with Crippen LogP contribution >= 0.6 is 0 Å². The molecule has 0 radical (unpaired) electrons. The predicted molar refractivity (Wildman–Crippen MR) is 73.2 cm³/mol. The highest BCUT2D eigenvalue weighted by atomic mass is 32.2. The summed E-state index contributed by atoms with van der Waals surface area (Å²) in [5.41, 5.74) is 0. The SMILES string of the molecule is COC1CCN(S(=O)(=O)c2ccc(OCCO)cc2)C1. The molecule has 1 fully saturated rings. The summed E-state index contributed by atoms with van der Waals surface area (Å²) >= 11 is 0. The largest absolute Gasteiger partial charge is 0.491 e. The maximum absolute atomic E-state index is 12.4. The van der Waals surface area contributed by atoms with Crippen LogP contribution in [0.5, 0.6) is 5.75 Å². The van der Waals surface area contributed by atoms with Crippen molar-refractivity contribution in [1.82, 2.24) is 4.31 Å². The minimum Gasteiger partial charge on any atom is -0.491 e. The Hall–Kier alpha value is -1.15. The first-order valence-electron chi connectivity index (χ1n) is 6.44. The Morgan fingerprint density at radius 3 is 2.60 bits per heavy atom. The second kappa shape index (κ2) is 6.53. The van der Waals surface area contributed by atoms with E-state index in [1.807, 2.05) is 0 Å². The Morgan fingerprint density at radius 2 is 2.05 bits per heavy atom. The van der Waals surface area contributed by atoms with Crippen LogP contribution in [-0.2, 0) is 14.8 Å². The highest BCUT2D eigenvalue weighted by molar-refractivity contribution is 7.89. The molecule has 7 heteroatoms. The number of nitrogens with zero attached hydrogens (tertiary/aromatic N) is 1. The van der Waals surface area contributed by atoms with Gasteiger partial charge in [0.1, 0.15) is 12.4 Å². The zero-order valence-electron chi connectivity index (χ0n) is 11.4. The van der Waals surface area contributed by atoms with Crippen LogP contribution in [0.25, 0.3) is 0 Å². The number of hydrogen-bond acceptors (Lipinski definition) is 5. The van der Waals surface area contributed by atoms with E-state index in [4.69, 9.17) is 14.6 Å². The first-order valence-corrected chi connectivity index (χ1v) is 7.88. The van der Waals surface area contributed by atoms with Crippen LogP contribution in [0.2, 0.25) is 0 Å². The van der Waals surface area contributed by atoms with Crippen molar-refractivity contribution in [3.8, 4) is 5.75 Å².